The van der Waals surface area contributed by atoms with E-state index in [0.717, 1.165) is 25.0 Å². The first kappa shape index (κ1) is 15.1. The number of aliphatic hydroxyl groups is 1. The number of hydrogen-bond donors (Lipinski definition) is 2. The van der Waals surface area contributed by atoms with Crippen molar-refractivity contribution in [3.63, 3.8) is 0 Å². The van der Waals surface area contributed by atoms with Crippen LogP contribution in [0.1, 0.15) is 49.2 Å². The van der Waals surface area contributed by atoms with Crippen molar-refractivity contribution in [3.05, 3.63) is 16.6 Å². The number of aromatic nitrogens is 1. The number of nitrogens with zero attached hydrogens (tertiary/aromatic N) is 1. The Hall–Kier alpha value is -0.940. The summed E-state index contributed by atoms with van der Waals surface area (Å²) in [4.78, 5) is 12.0. The normalized spacial score (nSPS) is 11.6. The summed E-state index contributed by atoms with van der Waals surface area (Å²) in [7, 11) is 0. The lowest BCUT2D eigenvalue weighted by Gasteiger charge is -2.31. The molecule has 0 fully saturated rings. The molecule has 5 heteroatoms. The van der Waals surface area contributed by atoms with Crippen molar-refractivity contribution in [2.24, 2.45) is 5.41 Å². The van der Waals surface area contributed by atoms with E-state index in [9.17, 15) is 4.79 Å². The van der Waals surface area contributed by atoms with Gasteiger partial charge in [0.2, 0.25) is 0 Å². The molecule has 0 aliphatic carbocycles. The number of nitrogens with one attached hydrogen (secondary N) is 1. The highest BCUT2D eigenvalue weighted by molar-refractivity contribution is 7.03. The van der Waals surface area contributed by atoms with E-state index in [2.05, 4.69) is 23.5 Å². The zero-order valence-electron chi connectivity index (χ0n) is 11.3. The minimum Gasteiger partial charge on any atom is -0.396 e. The second kappa shape index (κ2) is 6.85. The second-order valence-corrected chi connectivity index (χ2v) is 5.31. The molecule has 1 amide bonds. The summed E-state index contributed by atoms with van der Waals surface area (Å²) < 4.78 is 4.10. The molecule has 0 unspecified atom stereocenters. The maximum absolute atomic E-state index is 12.0. The molecule has 0 saturated heterocycles. The molecule has 2 N–H and O–H groups in total. The Kier molecular flexibility index (Phi) is 5.75. The van der Waals surface area contributed by atoms with Crippen LogP contribution in [0.4, 0.5) is 0 Å². The first-order chi connectivity index (χ1) is 8.58. The molecule has 1 aromatic heterocycles. The lowest BCUT2D eigenvalue weighted by atomic mass is 9.79. The fraction of sp³-hybridized carbons (Fsp3) is 0.692. The molecular weight excluding hydrogens is 248 g/mol. The molecule has 0 saturated carbocycles. The van der Waals surface area contributed by atoms with Crippen molar-refractivity contribution in [2.45, 2.75) is 40.0 Å². The van der Waals surface area contributed by atoms with Crippen LogP contribution >= 0.6 is 11.5 Å². The Balaban J connectivity index is 2.63. The molecule has 0 bridgehead atoms. The maximum Gasteiger partial charge on any atom is 0.254 e. The average Bonchev–Trinajstić information content (AvgIpc) is 2.80. The van der Waals surface area contributed by atoms with Crippen molar-refractivity contribution in [3.8, 4) is 0 Å². The Bertz CT molecular complexity index is 386. The molecule has 0 aliphatic rings. The van der Waals surface area contributed by atoms with Crippen molar-refractivity contribution in [1.82, 2.24) is 9.69 Å². The van der Waals surface area contributed by atoms with Crippen molar-refractivity contribution < 1.29 is 9.90 Å². The number of rotatable bonds is 7. The molecule has 0 atom stereocenters. The molecule has 0 aromatic carbocycles. The van der Waals surface area contributed by atoms with Crippen molar-refractivity contribution in [2.75, 3.05) is 13.2 Å². The zero-order valence-corrected chi connectivity index (χ0v) is 12.1. The molecule has 0 radical (unpaired) electrons. The number of carbonyl (C=O) groups is 1. The molecular formula is C13H22N2O2S. The van der Waals surface area contributed by atoms with Gasteiger partial charge in [0.15, 0.2) is 0 Å². The molecule has 1 heterocycles. The van der Waals surface area contributed by atoms with Crippen LogP contribution < -0.4 is 5.32 Å². The SMILES string of the molecule is CCC(CC)(CCO)CNC(=O)c1csnc1C. The van der Waals surface area contributed by atoms with Gasteiger partial charge in [0.25, 0.3) is 5.91 Å². The number of carbonyl (C=O) groups excluding carboxylic acids is 1. The van der Waals surface area contributed by atoms with Gasteiger partial charge in [-0.3, -0.25) is 4.79 Å². The number of aryl methyl sites for hydroxylation is 1. The van der Waals surface area contributed by atoms with E-state index in [1.807, 2.05) is 6.92 Å². The van der Waals surface area contributed by atoms with Gasteiger partial charge in [0, 0.05) is 18.5 Å². The summed E-state index contributed by atoms with van der Waals surface area (Å²) >= 11 is 1.30. The fourth-order valence-corrected chi connectivity index (χ4v) is 2.74. The summed E-state index contributed by atoms with van der Waals surface area (Å²) in [6.07, 6.45) is 2.62. The van der Waals surface area contributed by atoms with Crippen LogP contribution in [0, 0.1) is 12.3 Å². The summed E-state index contributed by atoms with van der Waals surface area (Å²) in [5.74, 6) is -0.0644. The van der Waals surface area contributed by atoms with Gasteiger partial charge < -0.3 is 10.4 Å². The van der Waals surface area contributed by atoms with Crippen LogP contribution in [0.2, 0.25) is 0 Å². The Morgan fingerprint density at radius 2 is 2.17 bits per heavy atom. The van der Waals surface area contributed by atoms with Crippen LogP contribution in [0.3, 0.4) is 0 Å². The van der Waals surface area contributed by atoms with Gasteiger partial charge in [-0.2, -0.15) is 4.37 Å². The van der Waals surface area contributed by atoms with Crippen LogP contribution in [-0.4, -0.2) is 28.5 Å². The number of amides is 1. The predicted octanol–water partition coefficient (Wildman–Crippen LogP) is 2.37. The summed E-state index contributed by atoms with van der Waals surface area (Å²) in [6, 6.07) is 0. The summed E-state index contributed by atoms with van der Waals surface area (Å²) in [6.45, 7) is 6.81. The van der Waals surface area contributed by atoms with E-state index in [-0.39, 0.29) is 17.9 Å². The lowest BCUT2D eigenvalue weighted by Crippen LogP contribution is -2.37. The monoisotopic (exact) mass is 270 g/mol. The predicted molar refractivity (Wildman–Crippen MR) is 73.9 cm³/mol. The van der Waals surface area contributed by atoms with E-state index in [1.165, 1.54) is 11.5 Å². The van der Waals surface area contributed by atoms with Gasteiger partial charge in [-0.05, 0) is 43.1 Å². The maximum atomic E-state index is 12.0. The molecule has 1 rings (SSSR count). The van der Waals surface area contributed by atoms with Crippen LogP contribution in [0.5, 0.6) is 0 Å². The number of hydrogen-bond acceptors (Lipinski definition) is 4. The van der Waals surface area contributed by atoms with Gasteiger partial charge in [-0.15, -0.1) is 0 Å². The summed E-state index contributed by atoms with van der Waals surface area (Å²) in [5, 5.41) is 13.9. The first-order valence-electron chi connectivity index (χ1n) is 6.38. The topological polar surface area (TPSA) is 62.2 Å². The van der Waals surface area contributed by atoms with Crippen molar-refractivity contribution >= 4 is 17.4 Å². The molecule has 18 heavy (non-hydrogen) atoms. The molecule has 4 nitrogen and oxygen atoms in total. The van der Waals surface area contributed by atoms with Gasteiger partial charge in [-0.1, -0.05) is 13.8 Å². The minimum absolute atomic E-state index is 0.00175. The first-order valence-corrected chi connectivity index (χ1v) is 7.22. The second-order valence-electron chi connectivity index (χ2n) is 4.68. The number of aliphatic hydroxyl groups excluding tert-OH is 1. The third kappa shape index (κ3) is 3.53. The minimum atomic E-state index is -0.0644. The van der Waals surface area contributed by atoms with E-state index in [1.54, 1.807) is 5.38 Å². The van der Waals surface area contributed by atoms with E-state index >= 15 is 0 Å². The highest BCUT2D eigenvalue weighted by atomic mass is 32.1. The average molecular weight is 270 g/mol. The van der Waals surface area contributed by atoms with E-state index in [4.69, 9.17) is 5.11 Å². The van der Waals surface area contributed by atoms with Gasteiger partial charge in [-0.25, -0.2) is 0 Å². The van der Waals surface area contributed by atoms with E-state index in [0.29, 0.717) is 12.1 Å². The molecule has 102 valence electrons. The fourth-order valence-electron chi connectivity index (χ4n) is 2.05. The third-order valence-electron chi connectivity index (χ3n) is 3.76. The Morgan fingerprint density at radius 1 is 1.50 bits per heavy atom. The molecule has 0 aliphatic heterocycles. The Labute approximate surface area is 113 Å². The quantitative estimate of drug-likeness (QED) is 0.799. The van der Waals surface area contributed by atoms with Crippen LogP contribution in [0.15, 0.2) is 5.38 Å². The van der Waals surface area contributed by atoms with Crippen LogP contribution in [0.25, 0.3) is 0 Å². The third-order valence-corrected chi connectivity index (χ3v) is 4.48. The van der Waals surface area contributed by atoms with Crippen LogP contribution in [-0.2, 0) is 0 Å². The summed E-state index contributed by atoms with van der Waals surface area (Å²) in [5.41, 5.74) is 1.44. The van der Waals surface area contributed by atoms with E-state index < -0.39 is 0 Å². The largest absolute Gasteiger partial charge is 0.396 e. The van der Waals surface area contributed by atoms with Gasteiger partial charge in [0.05, 0.1) is 11.3 Å². The Morgan fingerprint density at radius 3 is 2.61 bits per heavy atom. The molecule has 1 aromatic rings. The standard InChI is InChI=1S/C13H22N2O2S/c1-4-13(5-2,6-7-16)9-14-12(17)11-8-18-15-10(11)3/h8,16H,4-7,9H2,1-3H3,(H,14,17). The highest BCUT2D eigenvalue weighted by Crippen LogP contribution is 2.29. The van der Waals surface area contributed by atoms with Crippen molar-refractivity contribution in [1.29, 1.82) is 0 Å². The van der Waals surface area contributed by atoms with Gasteiger partial charge in [0.1, 0.15) is 0 Å². The lowest BCUT2D eigenvalue weighted by molar-refractivity contribution is 0.0907. The van der Waals surface area contributed by atoms with Gasteiger partial charge >= 0.3 is 0 Å². The zero-order chi connectivity index (χ0) is 13.6. The highest BCUT2D eigenvalue weighted by Gasteiger charge is 2.26. The molecule has 0 spiro atoms. The smallest absolute Gasteiger partial charge is 0.254 e.